The number of ether oxygens (including phenoxy) is 1. The maximum Gasteiger partial charge on any atom is 0.321 e. The first-order chi connectivity index (χ1) is 15.1. The van der Waals surface area contributed by atoms with E-state index in [9.17, 15) is 9.59 Å². The van der Waals surface area contributed by atoms with E-state index in [4.69, 9.17) is 4.74 Å². The summed E-state index contributed by atoms with van der Waals surface area (Å²) >= 11 is 0. The van der Waals surface area contributed by atoms with E-state index in [0.717, 1.165) is 67.9 Å². The van der Waals surface area contributed by atoms with Gasteiger partial charge in [-0.15, -0.1) is 0 Å². The van der Waals surface area contributed by atoms with E-state index in [0.29, 0.717) is 13.2 Å². The molecule has 2 aliphatic heterocycles. The van der Waals surface area contributed by atoms with Crippen LogP contribution in [0.4, 0.5) is 10.5 Å². The molecular formula is C25H31N3O3. The Bertz CT molecular complexity index is 906. The molecule has 6 heteroatoms. The summed E-state index contributed by atoms with van der Waals surface area (Å²) in [7, 11) is 0. The molecular weight excluding hydrogens is 390 g/mol. The maximum atomic E-state index is 12.8. The van der Waals surface area contributed by atoms with Gasteiger partial charge in [0.2, 0.25) is 0 Å². The van der Waals surface area contributed by atoms with Crippen molar-refractivity contribution in [1.82, 2.24) is 9.80 Å². The Morgan fingerprint density at radius 1 is 1.00 bits per heavy atom. The molecule has 2 aromatic rings. The molecule has 1 atom stereocenters. The second-order valence-electron chi connectivity index (χ2n) is 8.30. The molecule has 2 saturated heterocycles. The lowest BCUT2D eigenvalue weighted by molar-refractivity contribution is 0.0792. The number of nitrogens with one attached hydrogen (secondary N) is 1. The molecule has 0 radical (unpaired) electrons. The van der Waals surface area contributed by atoms with E-state index in [2.05, 4.69) is 11.4 Å². The Hall–Kier alpha value is -3.02. The summed E-state index contributed by atoms with van der Waals surface area (Å²) < 4.78 is 5.45. The van der Waals surface area contributed by atoms with Crippen molar-refractivity contribution in [2.24, 2.45) is 0 Å². The second-order valence-corrected chi connectivity index (χ2v) is 8.30. The molecule has 6 nitrogen and oxygen atoms in total. The van der Waals surface area contributed by atoms with Crippen molar-refractivity contribution in [2.75, 3.05) is 38.1 Å². The van der Waals surface area contributed by atoms with E-state index in [1.165, 1.54) is 0 Å². The van der Waals surface area contributed by atoms with Crippen molar-refractivity contribution in [3.8, 4) is 5.75 Å². The van der Waals surface area contributed by atoms with Crippen LogP contribution in [-0.2, 0) is 0 Å². The van der Waals surface area contributed by atoms with Crippen LogP contribution in [0.3, 0.4) is 0 Å². The summed E-state index contributed by atoms with van der Waals surface area (Å²) in [6, 6.07) is 15.3. The summed E-state index contributed by atoms with van der Waals surface area (Å²) in [4.78, 5) is 29.4. The summed E-state index contributed by atoms with van der Waals surface area (Å²) in [5, 5.41) is 2.99. The van der Waals surface area contributed by atoms with Crippen LogP contribution in [0.5, 0.6) is 5.75 Å². The molecule has 4 rings (SSSR count). The molecule has 2 fully saturated rings. The maximum absolute atomic E-state index is 12.8. The molecule has 0 unspecified atom stereocenters. The van der Waals surface area contributed by atoms with Crippen molar-refractivity contribution in [2.45, 2.75) is 38.5 Å². The number of amides is 3. The number of piperidine rings is 1. The van der Waals surface area contributed by atoms with Gasteiger partial charge in [-0.2, -0.15) is 0 Å². The molecule has 0 spiro atoms. The van der Waals surface area contributed by atoms with Crippen LogP contribution < -0.4 is 10.1 Å². The highest BCUT2D eigenvalue weighted by Crippen LogP contribution is 2.28. The van der Waals surface area contributed by atoms with Crippen LogP contribution in [0.25, 0.3) is 0 Å². The highest BCUT2D eigenvalue weighted by molar-refractivity contribution is 5.94. The minimum Gasteiger partial charge on any atom is -0.494 e. The first kappa shape index (κ1) is 21.2. The van der Waals surface area contributed by atoms with Gasteiger partial charge in [0.1, 0.15) is 5.75 Å². The van der Waals surface area contributed by atoms with Gasteiger partial charge < -0.3 is 19.9 Å². The number of hydrogen-bond acceptors (Lipinski definition) is 3. The molecule has 0 bridgehead atoms. The number of nitrogens with zero attached hydrogens (tertiary/aromatic N) is 2. The molecule has 2 aliphatic rings. The van der Waals surface area contributed by atoms with E-state index in [1.807, 2.05) is 59.2 Å². The third kappa shape index (κ3) is 5.19. The van der Waals surface area contributed by atoms with Crippen molar-refractivity contribution < 1.29 is 14.3 Å². The number of likely N-dealkylation sites (tertiary alicyclic amines) is 2. The van der Waals surface area contributed by atoms with Gasteiger partial charge >= 0.3 is 6.03 Å². The fraction of sp³-hybridized carbons (Fsp3) is 0.440. The van der Waals surface area contributed by atoms with Crippen LogP contribution in [-0.4, -0.2) is 54.5 Å². The van der Waals surface area contributed by atoms with Crippen LogP contribution in [0.1, 0.15) is 54.4 Å². The van der Waals surface area contributed by atoms with Gasteiger partial charge in [0.15, 0.2) is 0 Å². The largest absolute Gasteiger partial charge is 0.494 e. The van der Waals surface area contributed by atoms with E-state index in [-0.39, 0.29) is 17.9 Å². The fourth-order valence-corrected chi connectivity index (χ4v) is 4.47. The Kier molecular flexibility index (Phi) is 6.75. The van der Waals surface area contributed by atoms with Gasteiger partial charge in [-0.05, 0) is 74.6 Å². The number of rotatable bonds is 5. The number of carbonyl (C=O) groups is 2. The number of urea groups is 1. The zero-order valence-corrected chi connectivity index (χ0v) is 18.2. The van der Waals surface area contributed by atoms with E-state index in [1.54, 1.807) is 0 Å². The van der Waals surface area contributed by atoms with E-state index >= 15 is 0 Å². The average Bonchev–Trinajstić information content (AvgIpc) is 3.35. The summed E-state index contributed by atoms with van der Waals surface area (Å²) in [6.07, 6.45) is 4.15. The highest BCUT2D eigenvalue weighted by atomic mass is 16.5. The zero-order valence-electron chi connectivity index (χ0n) is 18.2. The third-order valence-corrected chi connectivity index (χ3v) is 6.12. The summed E-state index contributed by atoms with van der Waals surface area (Å²) in [6.45, 7) is 5.67. The number of benzene rings is 2. The van der Waals surface area contributed by atoms with Crippen molar-refractivity contribution in [3.63, 3.8) is 0 Å². The van der Waals surface area contributed by atoms with E-state index < -0.39 is 0 Å². The Morgan fingerprint density at radius 3 is 2.48 bits per heavy atom. The normalized spacial score (nSPS) is 18.7. The molecule has 3 amide bonds. The highest BCUT2D eigenvalue weighted by Gasteiger charge is 2.26. The zero-order chi connectivity index (χ0) is 21.6. The lowest BCUT2D eigenvalue weighted by Gasteiger charge is -2.33. The van der Waals surface area contributed by atoms with Crippen LogP contribution >= 0.6 is 0 Å². The van der Waals surface area contributed by atoms with Gasteiger partial charge in [0, 0.05) is 43.3 Å². The van der Waals surface area contributed by atoms with Gasteiger partial charge in [-0.25, -0.2) is 4.79 Å². The SMILES string of the molecule is CCOc1ccc(NC(=O)N2CCC[C@H](c3cccc(C(=O)N4CCCC4)c3)C2)cc1. The van der Waals surface area contributed by atoms with Crippen LogP contribution in [0.2, 0.25) is 0 Å². The third-order valence-electron chi connectivity index (χ3n) is 6.12. The van der Waals surface area contributed by atoms with Crippen molar-refractivity contribution >= 4 is 17.6 Å². The summed E-state index contributed by atoms with van der Waals surface area (Å²) in [5.74, 6) is 1.16. The minimum absolute atomic E-state index is 0.0850. The molecule has 0 aromatic heterocycles. The first-order valence-electron chi connectivity index (χ1n) is 11.3. The molecule has 31 heavy (non-hydrogen) atoms. The fourth-order valence-electron chi connectivity index (χ4n) is 4.47. The number of hydrogen-bond donors (Lipinski definition) is 1. The van der Waals surface area contributed by atoms with Gasteiger partial charge in [0.05, 0.1) is 6.61 Å². The first-order valence-corrected chi connectivity index (χ1v) is 11.3. The molecule has 2 aromatic carbocycles. The predicted octanol–water partition coefficient (Wildman–Crippen LogP) is 4.73. The topological polar surface area (TPSA) is 61.9 Å². The predicted molar refractivity (Wildman–Crippen MR) is 122 cm³/mol. The van der Waals surface area contributed by atoms with Gasteiger partial charge in [0.25, 0.3) is 5.91 Å². The lowest BCUT2D eigenvalue weighted by Crippen LogP contribution is -2.41. The molecule has 0 aliphatic carbocycles. The van der Waals surface area contributed by atoms with Gasteiger partial charge in [-0.1, -0.05) is 12.1 Å². The molecule has 0 saturated carbocycles. The van der Waals surface area contributed by atoms with Crippen LogP contribution in [0, 0.1) is 0 Å². The standard InChI is InChI=1S/C25H31N3O3/c1-2-31-23-12-10-22(11-13-23)26-25(30)28-16-6-9-21(18-28)19-7-5-8-20(17-19)24(29)27-14-3-4-15-27/h5,7-8,10-13,17,21H,2-4,6,9,14-16,18H2,1H3,(H,26,30)/t21-/m0/s1. The van der Waals surface area contributed by atoms with Crippen molar-refractivity contribution in [1.29, 1.82) is 0 Å². The molecule has 2 heterocycles. The van der Waals surface area contributed by atoms with Gasteiger partial charge in [-0.3, -0.25) is 4.79 Å². The number of anilines is 1. The Balaban J connectivity index is 1.39. The Labute approximate surface area is 184 Å². The summed E-state index contributed by atoms with van der Waals surface area (Å²) in [5.41, 5.74) is 2.66. The second kappa shape index (κ2) is 9.86. The number of carbonyl (C=O) groups excluding carboxylic acids is 2. The van der Waals surface area contributed by atoms with Crippen LogP contribution in [0.15, 0.2) is 48.5 Å². The Morgan fingerprint density at radius 2 is 1.74 bits per heavy atom. The monoisotopic (exact) mass is 421 g/mol. The van der Waals surface area contributed by atoms with Crippen molar-refractivity contribution in [3.05, 3.63) is 59.7 Å². The average molecular weight is 422 g/mol. The molecule has 164 valence electrons. The smallest absolute Gasteiger partial charge is 0.321 e. The quantitative estimate of drug-likeness (QED) is 0.759. The lowest BCUT2D eigenvalue weighted by atomic mass is 9.89. The molecule has 1 N–H and O–H groups in total. The minimum atomic E-state index is -0.0850.